The second-order valence-corrected chi connectivity index (χ2v) is 5.64. The summed E-state index contributed by atoms with van der Waals surface area (Å²) in [5, 5.41) is 11.8. The van der Waals surface area contributed by atoms with E-state index in [0.717, 1.165) is 28.1 Å². The third-order valence-corrected chi connectivity index (χ3v) is 3.66. The van der Waals surface area contributed by atoms with Gasteiger partial charge in [0.25, 0.3) is 0 Å². The van der Waals surface area contributed by atoms with E-state index in [4.69, 9.17) is 9.84 Å². The lowest BCUT2D eigenvalue weighted by molar-refractivity contribution is -0.112. The van der Waals surface area contributed by atoms with Crippen LogP contribution in [0.4, 0.5) is 5.69 Å². The topological polar surface area (TPSA) is 58.6 Å². The largest absolute Gasteiger partial charge is 0.496 e. The van der Waals surface area contributed by atoms with Gasteiger partial charge >= 0.3 is 0 Å². The van der Waals surface area contributed by atoms with Crippen LogP contribution in [-0.2, 0) is 17.6 Å². The fourth-order valence-corrected chi connectivity index (χ4v) is 2.49. The lowest BCUT2D eigenvalue weighted by Crippen LogP contribution is -2.09. The lowest BCUT2D eigenvalue weighted by atomic mass is 10.0. The summed E-state index contributed by atoms with van der Waals surface area (Å²) >= 11 is 0. The molecule has 2 aromatic rings. The number of benzene rings is 2. The summed E-state index contributed by atoms with van der Waals surface area (Å²) in [6, 6.07) is 15.3. The number of aliphatic hydroxyl groups excluding tert-OH is 1. The van der Waals surface area contributed by atoms with Gasteiger partial charge in [-0.05, 0) is 49.1 Å². The molecule has 0 heterocycles. The number of hydrogen-bond acceptors (Lipinski definition) is 3. The molecule has 0 spiro atoms. The molecule has 0 aromatic heterocycles. The number of rotatable bonds is 7. The molecule has 2 N–H and O–H groups in total. The molecule has 0 fully saturated rings. The Labute approximate surface area is 142 Å². The number of carbonyl (C=O) groups is 1. The molecule has 0 saturated carbocycles. The van der Waals surface area contributed by atoms with E-state index in [2.05, 4.69) is 5.32 Å². The highest BCUT2D eigenvalue weighted by Gasteiger charge is 2.05. The molecule has 0 aliphatic carbocycles. The molecule has 0 unspecified atom stereocenters. The van der Waals surface area contributed by atoms with Crippen LogP contribution in [0.15, 0.2) is 60.2 Å². The molecule has 1 amide bonds. The Morgan fingerprint density at radius 3 is 2.54 bits per heavy atom. The number of nitrogens with one attached hydrogen (secondary N) is 1. The predicted octanol–water partition coefficient (Wildman–Crippen LogP) is 3.36. The standard InChI is InChI=1S/C20H23NO3/c1-15(13-17-5-3-4-6-19(17)24-2)14-20(23)21-18-9-7-16(8-10-18)11-12-22/h3-10,14,22H,11-13H2,1-2H3,(H,21,23)/b15-14+. The Balaban J connectivity index is 1.98. The van der Waals surface area contributed by atoms with Gasteiger partial charge in [0, 0.05) is 18.4 Å². The first kappa shape index (κ1) is 17.8. The van der Waals surface area contributed by atoms with Crippen LogP contribution in [0.1, 0.15) is 18.1 Å². The number of methoxy groups -OCH3 is 1. The van der Waals surface area contributed by atoms with Crippen molar-refractivity contribution >= 4 is 11.6 Å². The second kappa shape index (κ2) is 8.89. The SMILES string of the molecule is COc1ccccc1C/C(C)=C/C(=O)Nc1ccc(CCO)cc1. The molecule has 4 heteroatoms. The highest BCUT2D eigenvalue weighted by Crippen LogP contribution is 2.20. The van der Waals surface area contributed by atoms with Gasteiger partial charge in [-0.1, -0.05) is 35.9 Å². The van der Waals surface area contributed by atoms with Crippen molar-refractivity contribution in [1.82, 2.24) is 0 Å². The zero-order valence-corrected chi connectivity index (χ0v) is 14.1. The van der Waals surface area contributed by atoms with Crippen LogP contribution < -0.4 is 10.1 Å². The van der Waals surface area contributed by atoms with Crippen LogP contribution in [0, 0.1) is 0 Å². The van der Waals surface area contributed by atoms with Crippen molar-refractivity contribution in [3.63, 3.8) is 0 Å². The summed E-state index contributed by atoms with van der Waals surface area (Å²) in [4.78, 5) is 12.1. The van der Waals surface area contributed by atoms with Crippen molar-refractivity contribution in [2.75, 3.05) is 19.0 Å². The van der Waals surface area contributed by atoms with Crippen molar-refractivity contribution in [2.24, 2.45) is 0 Å². The van der Waals surface area contributed by atoms with Crippen molar-refractivity contribution in [1.29, 1.82) is 0 Å². The Morgan fingerprint density at radius 1 is 1.17 bits per heavy atom. The van der Waals surface area contributed by atoms with Crippen molar-refractivity contribution in [3.8, 4) is 5.75 Å². The number of carbonyl (C=O) groups excluding carboxylic acids is 1. The average Bonchev–Trinajstić information content (AvgIpc) is 2.57. The third kappa shape index (κ3) is 5.25. The summed E-state index contributed by atoms with van der Waals surface area (Å²) in [6.07, 6.45) is 2.88. The molecule has 4 nitrogen and oxygen atoms in total. The van der Waals surface area contributed by atoms with E-state index < -0.39 is 0 Å². The van der Waals surface area contributed by atoms with Crippen molar-refractivity contribution in [2.45, 2.75) is 19.8 Å². The molecule has 24 heavy (non-hydrogen) atoms. The van der Waals surface area contributed by atoms with E-state index in [0.29, 0.717) is 12.8 Å². The van der Waals surface area contributed by atoms with Gasteiger partial charge < -0.3 is 15.2 Å². The maximum Gasteiger partial charge on any atom is 0.248 e. The Hall–Kier alpha value is -2.59. The number of para-hydroxylation sites is 1. The third-order valence-electron chi connectivity index (χ3n) is 3.66. The Morgan fingerprint density at radius 2 is 1.88 bits per heavy atom. The van der Waals surface area contributed by atoms with E-state index in [1.54, 1.807) is 13.2 Å². The van der Waals surface area contributed by atoms with Crippen LogP contribution >= 0.6 is 0 Å². The average molecular weight is 325 g/mol. The van der Waals surface area contributed by atoms with E-state index in [9.17, 15) is 4.79 Å². The minimum atomic E-state index is -0.155. The maximum absolute atomic E-state index is 12.1. The van der Waals surface area contributed by atoms with Crippen LogP contribution in [0.3, 0.4) is 0 Å². The first-order chi connectivity index (χ1) is 11.6. The number of aliphatic hydroxyl groups is 1. The molecule has 0 saturated heterocycles. The van der Waals surface area contributed by atoms with Gasteiger partial charge in [-0.3, -0.25) is 4.79 Å². The molecular formula is C20H23NO3. The fourth-order valence-electron chi connectivity index (χ4n) is 2.49. The van der Waals surface area contributed by atoms with Gasteiger partial charge in [0.05, 0.1) is 7.11 Å². The van der Waals surface area contributed by atoms with E-state index >= 15 is 0 Å². The fraction of sp³-hybridized carbons (Fsp3) is 0.250. The number of ether oxygens (including phenoxy) is 1. The summed E-state index contributed by atoms with van der Waals surface area (Å²) in [6.45, 7) is 2.05. The molecule has 2 aromatic carbocycles. The minimum Gasteiger partial charge on any atom is -0.496 e. The molecule has 0 radical (unpaired) electrons. The van der Waals surface area contributed by atoms with Crippen LogP contribution in [0.2, 0.25) is 0 Å². The predicted molar refractivity (Wildman–Crippen MR) is 96.3 cm³/mol. The first-order valence-electron chi connectivity index (χ1n) is 7.92. The summed E-state index contributed by atoms with van der Waals surface area (Å²) < 4.78 is 5.33. The minimum absolute atomic E-state index is 0.122. The monoisotopic (exact) mass is 325 g/mol. The summed E-state index contributed by atoms with van der Waals surface area (Å²) in [5.74, 6) is 0.669. The number of allylic oxidation sites excluding steroid dienone is 1. The van der Waals surface area contributed by atoms with Crippen LogP contribution in [0.5, 0.6) is 5.75 Å². The molecule has 0 aliphatic rings. The van der Waals surface area contributed by atoms with Gasteiger partial charge in [-0.2, -0.15) is 0 Å². The van der Waals surface area contributed by atoms with E-state index in [1.807, 2.05) is 55.5 Å². The summed E-state index contributed by atoms with van der Waals surface area (Å²) in [5.41, 5.74) is 3.78. The van der Waals surface area contributed by atoms with Gasteiger partial charge in [-0.25, -0.2) is 0 Å². The molecular weight excluding hydrogens is 302 g/mol. The van der Waals surface area contributed by atoms with Crippen molar-refractivity contribution < 1.29 is 14.6 Å². The van der Waals surface area contributed by atoms with Gasteiger partial charge in [0.1, 0.15) is 5.75 Å². The summed E-state index contributed by atoms with van der Waals surface area (Å²) in [7, 11) is 1.64. The zero-order valence-electron chi connectivity index (χ0n) is 14.1. The molecule has 0 aliphatic heterocycles. The second-order valence-electron chi connectivity index (χ2n) is 5.64. The lowest BCUT2D eigenvalue weighted by Gasteiger charge is -2.08. The van der Waals surface area contributed by atoms with Crippen LogP contribution in [-0.4, -0.2) is 24.7 Å². The number of anilines is 1. The van der Waals surface area contributed by atoms with E-state index in [-0.39, 0.29) is 12.5 Å². The Bertz CT molecular complexity index is 705. The van der Waals surface area contributed by atoms with Crippen LogP contribution in [0.25, 0.3) is 0 Å². The first-order valence-corrected chi connectivity index (χ1v) is 7.92. The normalized spacial score (nSPS) is 11.2. The molecule has 126 valence electrons. The van der Waals surface area contributed by atoms with E-state index in [1.165, 1.54) is 0 Å². The highest BCUT2D eigenvalue weighted by atomic mass is 16.5. The van der Waals surface area contributed by atoms with Gasteiger partial charge in [0.15, 0.2) is 0 Å². The zero-order chi connectivity index (χ0) is 17.4. The maximum atomic E-state index is 12.1. The van der Waals surface area contributed by atoms with Gasteiger partial charge in [-0.15, -0.1) is 0 Å². The molecule has 0 atom stereocenters. The molecule has 0 bridgehead atoms. The Kier molecular flexibility index (Phi) is 6.58. The number of hydrogen-bond donors (Lipinski definition) is 2. The highest BCUT2D eigenvalue weighted by molar-refractivity contribution is 5.99. The molecule has 2 rings (SSSR count). The van der Waals surface area contributed by atoms with Crippen molar-refractivity contribution in [3.05, 3.63) is 71.3 Å². The smallest absolute Gasteiger partial charge is 0.248 e. The van der Waals surface area contributed by atoms with Gasteiger partial charge in [0.2, 0.25) is 5.91 Å². The number of amides is 1. The quantitative estimate of drug-likeness (QED) is 0.768.